The molecule has 0 unspecified atom stereocenters. The molecule has 0 fully saturated rings. The highest BCUT2D eigenvalue weighted by atomic mass is 35.5. The molecule has 0 bridgehead atoms. The largest absolute Gasteiger partial charge is 0.363 e. The Hall–Kier alpha value is -1.96. The van der Waals surface area contributed by atoms with Crippen molar-refractivity contribution in [3.8, 4) is 11.1 Å². The molecule has 0 atom stereocenters. The quantitative estimate of drug-likeness (QED) is 0.632. The van der Waals surface area contributed by atoms with E-state index in [2.05, 4.69) is 5.16 Å². The number of hydrogen-bond donors (Lipinski definition) is 0. The summed E-state index contributed by atoms with van der Waals surface area (Å²) >= 11 is 6.19. The van der Waals surface area contributed by atoms with Crippen LogP contribution >= 0.6 is 11.6 Å². The molecule has 0 aliphatic carbocycles. The van der Waals surface area contributed by atoms with Crippen molar-refractivity contribution in [3.63, 3.8) is 0 Å². The maximum atomic E-state index is 13.6. The third-order valence-electron chi connectivity index (χ3n) is 3.43. The highest BCUT2D eigenvalue weighted by Crippen LogP contribution is 2.37. The van der Waals surface area contributed by atoms with Gasteiger partial charge in [-0.15, -0.1) is 0 Å². The van der Waals surface area contributed by atoms with E-state index < -0.39 is 21.7 Å². The molecule has 0 aliphatic rings. The highest BCUT2D eigenvalue weighted by molar-refractivity contribution is 7.85. The second kappa shape index (κ2) is 6.51. The fourth-order valence-corrected chi connectivity index (χ4v) is 3.85. The molecule has 3 rings (SSSR count). The Morgan fingerprint density at radius 1 is 1.33 bits per heavy atom. The summed E-state index contributed by atoms with van der Waals surface area (Å²) in [6, 6.07) is 7.31. The molecule has 126 valence electrons. The third-order valence-corrected chi connectivity index (χ3v) is 5.00. The van der Waals surface area contributed by atoms with Crippen LogP contribution in [0.2, 0.25) is 5.02 Å². The van der Waals surface area contributed by atoms with Gasteiger partial charge in [0.15, 0.2) is 0 Å². The lowest BCUT2D eigenvalue weighted by molar-refractivity contribution is 0.337. The summed E-state index contributed by atoms with van der Waals surface area (Å²) in [5, 5.41) is 4.73. The van der Waals surface area contributed by atoms with E-state index in [4.69, 9.17) is 20.3 Å². The molecule has 8 heteroatoms. The third kappa shape index (κ3) is 3.28. The average molecular weight is 370 g/mol. The normalized spacial score (nSPS) is 12.0. The Kier molecular flexibility index (Phi) is 4.58. The van der Waals surface area contributed by atoms with Crippen LogP contribution in [-0.4, -0.2) is 20.2 Å². The van der Waals surface area contributed by atoms with Gasteiger partial charge in [0.05, 0.1) is 17.0 Å². The monoisotopic (exact) mass is 369 g/mol. The van der Waals surface area contributed by atoms with E-state index in [1.807, 2.05) is 0 Å². The molecule has 1 heterocycles. The van der Waals surface area contributed by atoms with Gasteiger partial charge in [-0.1, -0.05) is 28.9 Å². The fraction of sp³-hybridized carbons (Fsp3) is 0.188. The predicted octanol–water partition coefficient (Wildman–Crippen LogP) is 4.15. The van der Waals surface area contributed by atoms with Crippen LogP contribution in [0.3, 0.4) is 0 Å². The van der Waals surface area contributed by atoms with Gasteiger partial charge in [0.2, 0.25) is 0 Å². The van der Waals surface area contributed by atoms with Gasteiger partial charge in [-0.25, -0.2) is 4.39 Å². The molecule has 3 aromatic rings. The number of fused-ring (bicyclic) bond motifs is 1. The Labute approximate surface area is 143 Å². The number of hydrogen-bond acceptors (Lipinski definition) is 5. The van der Waals surface area contributed by atoms with Crippen molar-refractivity contribution >= 4 is 32.6 Å². The van der Waals surface area contributed by atoms with Crippen molar-refractivity contribution < 1.29 is 21.5 Å². The Morgan fingerprint density at radius 2 is 2.12 bits per heavy atom. The first-order chi connectivity index (χ1) is 11.4. The minimum absolute atomic E-state index is 0.0254. The van der Waals surface area contributed by atoms with Gasteiger partial charge >= 0.3 is 0 Å². The van der Waals surface area contributed by atoms with Crippen molar-refractivity contribution in [2.24, 2.45) is 0 Å². The molecule has 5 nitrogen and oxygen atoms in total. The van der Waals surface area contributed by atoms with E-state index in [9.17, 15) is 12.8 Å². The van der Waals surface area contributed by atoms with Gasteiger partial charge in [-0.2, -0.15) is 8.42 Å². The van der Waals surface area contributed by atoms with Crippen molar-refractivity contribution in [2.45, 2.75) is 12.7 Å². The minimum atomic E-state index is -3.80. The summed E-state index contributed by atoms with van der Waals surface area (Å²) in [4.78, 5) is 0. The van der Waals surface area contributed by atoms with E-state index >= 15 is 0 Å². The Bertz CT molecular complexity index is 1000. The lowest BCUT2D eigenvalue weighted by Crippen LogP contribution is -2.09. The maximum Gasteiger partial charge on any atom is 0.271 e. The first-order valence-electron chi connectivity index (χ1n) is 7.10. The molecule has 2 aromatic carbocycles. The summed E-state index contributed by atoms with van der Waals surface area (Å²) in [7, 11) is -3.80. The first kappa shape index (κ1) is 16.9. The number of aromatic nitrogens is 1. The smallest absolute Gasteiger partial charge is 0.271 e. The number of halogens is 2. The zero-order valence-corrected chi connectivity index (χ0v) is 14.2. The van der Waals surface area contributed by atoms with Crippen LogP contribution in [0.15, 0.2) is 41.1 Å². The standard InChI is InChI=1S/C16H13ClFNO4S/c1-2-23-24(20,21)9-11-7-14(17)13-8-22-19-16(13)15(11)10-4-3-5-12(18)6-10/h3-8H,2,9H2,1H3. The molecule has 24 heavy (non-hydrogen) atoms. The number of benzene rings is 2. The molecular formula is C16H13ClFNO4S. The Morgan fingerprint density at radius 3 is 2.83 bits per heavy atom. The molecular weight excluding hydrogens is 357 g/mol. The molecule has 0 amide bonds. The summed E-state index contributed by atoms with van der Waals surface area (Å²) in [5.41, 5.74) is 1.66. The predicted molar refractivity (Wildman–Crippen MR) is 88.7 cm³/mol. The van der Waals surface area contributed by atoms with Crippen LogP contribution in [0.1, 0.15) is 12.5 Å². The van der Waals surface area contributed by atoms with Crippen molar-refractivity contribution in [2.75, 3.05) is 6.61 Å². The van der Waals surface area contributed by atoms with Gasteiger partial charge in [-0.05, 0) is 36.2 Å². The molecule has 0 N–H and O–H groups in total. The molecule has 0 saturated carbocycles. The lowest BCUT2D eigenvalue weighted by Gasteiger charge is -2.12. The SMILES string of the molecule is CCOS(=O)(=O)Cc1cc(Cl)c2conc2c1-c1cccc(F)c1. The van der Waals surface area contributed by atoms with Crippen molar-refractivity contribution in [3.05, 3.63) is 53.0 Å². The average Bonchev–Trinajstić information content (AvgIpc) is 2.96. The molecule has 1 aromatic heterocycles. The highest BCUT2D eigenvalue weighted by Gasteiger charge is 2.21. The molecule has 0 spiro atoms. The second-order valence-corrected chi connectivity index (χ2v) is 7.14. The van der Waals surface area contributed by atoms with Gasteiger partial charge in [0, 0.05) is 5.56 Å². The summed E-state index contributed by atoms with van der Waals surface area (Å²) in [5.74, 6) is -0.854. The summed E-state index contributed by atoms with van der Waals surface area (Å²) in [6.45, 7) is 1.61. The maximum absolute atomic E-state index is 13.6. The minimum Gasteiger partial charge on any atom is -0.363 e. The van der Waals surface area contributed by atoms with E-state index in [0.29, 0.717) is 32.6 Å². The zero-order chi connectivity index (χ0) is 17.3. The number of nitrogens with zero attached hydrogens (tertiary/aromatic N) is 1. The van der Waals surface area contributed by atoms with Crippen molar-refractivity contribution in [1.82, 2.24) is 5.16 Å². The van der Waals surface area contributed by atoms with Crippen LogP contribution < -0.4 is 0 Å². The van der Waals surface area contributed by atoms with E-state index in [0.717, 1.165) is 0 Å². The number of rotatable bonds is 5. The topological polar surface area (TPSA) is 69.4 Å². The van der Waals surface area contributed by atoms with Gasteiger partial charge in [-0.3, -0.25) is 4.18 Å². The Balaban J connectivity index is 2.26. The van der Waals surface area contributed by atoms with Gasteiger partial charge in [0.25, 0.3) is 10.1 Å². The van der Waals surface area contributed by atoms with Crippen LogP contribution in [0, 0.1) is 5.82 Å². The zero-order valence-electron chi connectivity index (χ0n) is 12.6. The summed E-state index contributed by atoms with van der Waals surface area (Å²) < 4.78 is 47.5. The van der Waals surface area contributed by atoms with Crippen LogP contribution in [0.25, 0.3) is 22.0 Å². The van der Waals surface area contributed by atoms with E-state index in [1.54, 1.807) is 13.0 Å². The fourth-order valence-electron chi connectivity index (χ4n) is 2.53. The van der Waals surface area contributed by atoms with Crippen molar-refractivity contribution in [1.29, 1.82) is 0 Å². The van der Waals surface area contributed by atoms with Gasteiger partial charge < -0.3 is 4.52 Å². The van der Waals surface area contributed by atoms with Crippen LogP contribution in [-0.2, 0) is 20.1 Å². The van der Waals surface area contributed by atoms with Gasteiger partial charge in [0.1, 0.15) is 23.3 Å². The molecule has 0 radical (unpaired) electrons. The first-order valence-corrected chi connectivity index (χ1v) is 9.05. The molecule has 0 aliphatic heterocycles. The summed E-state index contributed by atoms with van der Waals surface area (Å²) in [6.07, 6.45) is 1.36. The molecule has 0 saturated heterocycles. The van der Waals surface area contributed by atoms with E-state index in [-0.39, 0.29) is 6.61 Å². The van der Waals surface area contributed by atoms with Crippen LogP contribution in [0.4, 0.5) is 4.39 Å². The van der Waals surface area contributed by atoms with Crippen LogP contribution in [0.5, 0.6) is 0 Å². The second-order valence-electron chi connectivity index (χ2n) is 5.09. The van der Waals surface area contributed by atoms with E-state index in [1.165, 1.54) is 30.5 Å². The lowest BCUT2D eigenvalue weighted by atomic mass is 9.98.